The Morgan fingerprint density at radius 3 is 2.61 bits per heavy atom. The lowest BCUT2D eigenvalue weighted by molar-refractivity contribution is 0.132. The van der Waals surface area contributed by atoms with Gasteiger partial charge in [-0.15, -0.1) is 0 Å². The third-order valence-electron chi connectivity index (χ3n) is 7.33. The highest BCUT2D eigenvalue weighted by molar-refractivity contribution is 5.74. The number of ether oxygens (including phenoxy) is 1. The van der Waals surface area contributed by atoms with Crippen molar-refractivity contribution in [1.29, 1.82) is 0 Å². The number of hydrogen-bond donors (Lipinski definition) is 2. The minimum Gasteiger partial charge on any atom is -0.455 e. The van der Waals surface area contributed by atoms with E-state index in [4.69, 9.17) is 4.74 Å². The summed E-state index contributed by atoms with van der Waals surface area (Å²) in [6, 6.07) is 16.5. The molecule has 1 aromatic carbocycles. The number of nitrogens with zero attached hydrogens (tertiary/aromatic N) is 4. The highest BCUT2D eigenvalue weighted by atomic mass is 16.5. The number of aryl methyl sites for hydroxylation is 2. The number of carbonyl (C=O) groups excluding carboxylic acids is 1. The van der Waals surface area contributed by atoms with Crippen molar-refractivity contribution in [2.45, 2.75) is 58.5 Å². The van der Waals surface area contributed by atoms with E-state index in [0.29, 0.717) is 11.8 Å². The van der Waals surface area contributed by atoms with Crippen LogP contribution in [0, 0.1) is 13.8 Å². The monoisotopic (exact) mass is 514 g/mol. The molecule has 2 N–H and O–H groups in total. The molecule has 5 rings (SSSR count). The normalized spacial score (nSPS) is 16.7. The van der Waals surface area contributed by atoms with Gasteiger partial charge in [-0.05, 0) is 62.6 Å². The Morgan fingerprint density at radius 2 is 1.82 bits per heavy atom. The van der Waals surface area contributed by atoms with E-state index in [1.165, 1.54) is 24.8 Å². The van der Waals surface area contributed by atoms with E-state index in [9.17, 15) is 4.79 Å². The highest BCUT2D eigenvalue weighted by Crippen LogP contribution is 2.27. The Labute approximate surface area is 225 Å². The Kier molecular flexibility index (Phi) is 8.38. The summed E-state index contributed by atoms with van der Waals surface area (Å²) in [4.78, 5) is 26.0. The summed E-state index contributed by atoms with van der Waals surface area (Å²) in [5.74, 6) is 2.16. The van der Waals surface area contributed by atoms with Crippen molar-refractivity contribution in [2.24, 2.45) is 0 Å². The fourth-order valence-corrected chi connectivity index (χ4v) is 5.23. The zero-order valence-corrected chi connectivity index (χ0v) is 22.4. The van der Waals surface area contributed by atoms with Crippen LogP contribution in [0.15, 0.2) is 54.7 Å². The van der Waals surface area contributed by atoms with Crippen LogP contribution in [0.3, 0.4) is 0 Å². The number of pyridine rings is 2. The first-order valence-corrected chi connectivity index (χ1v) is 13.7. The Morgan fingerprint density at radius 1 is 1.00 bits per heavy atom. The Bertz CT molecular complexity index is 1230. The van der Waals surface area contributed by atoms with Crippen LogP contribution in [0.1, 0.15) is 49.1 Å². The van der Waals surface area contributed by atoms with E-state index in [-0.39, 0.29) is 6.03 Å². The zero-order chi connectivity index (χ0) is 26.3. The minimum atomic E-state index is 0.107. The molecule has 2 aromatic heterocycles. The fourth-order valence-electron chi connectivity index (χ4n) is 5.23. The quantitative estimate of drug-likeness (QED) is 0.415. The van der Waals surface area contributed by atoms with Crippen molar-refractivity contribution in [3.05, 3.63) is 71.7 Å². The molecule has 38 heavy (non-hydrogen) atoms. The molecule has 3 aromatic rings. The van der Waals surface area contributed by atoms with Gasteiger partial charge in [-0.3, -0.25) is 9.88 Å². The minimum absolute atomic E-state index is 0.107. The first-order chi connectivity index (χ1) is 18.5. The maximum absolute atomic E-state index is 12.7. The zero-order valence-electron chi connectivity index (χ0n) is 22.4. The van der Waals surface area contributed by atoms with Crippen LogP contribution >= 0.6 is 0 Å². The van der Waals surface area contributed by atoms with Gasteiger partial charge in [-0.25, -0.2) is 9.78 Å². The average molecular weight is 515 g/mol. The Hall–Kier alpha value is -3.65. The van der Waals surface area contributed by atoms with Crippen molar-refractivity contribution in [2.75, 3.05) is 31.5 Å². The van der Waals surface area contributed by atoms with E-state index in [0.717, 1.165) is 74.2 Å². The van der Waals surface area contributed by atoms with Crippen molar-refractivity contribution in [3.8, 4) is 11.5 Å². The average Bonchev–Trinajstić information content (AvgIpc) is 2.92. The van der Waals surface area contributed by atoms with Gasteiger partial charge in [0.25, 0.3) is 0 Å². The molecule has 3 heterocycles. The van der Waals surface area contributed by atoms with Gasteiger partial charge >= 0.3 is 6.03 Å². The van der Waals surface area contributed by atoms with Crippen LogP contribution in [-0.4, -0.2) is 58.0 Å². The highest BCUT2D eigenvalue weighted by Gasteiger charge is 2.24. The lowest BCUT2D eigenvalue weighted by Crippen LogP contribution is -2.53. The Balaban J connectivity index is 1.13. The van der Waals surface area contributed by atoms with Crippen molar-refractivity contribution in [1.82, 2.24) is 25.1 Å². The predicted molar refractivity (Wildman–Crippen MR) is 150 cm³/mol. The lowest BCUT2D eigenvalue weighted by atomic mass is 9.96. The molecule has 0 spiro atoms. The van der Waals surface area contributed by atoms with Crippen LogP contribution in [0.25, 0.3) is 0 Å². The molecule has 1 aliphatic carbocycles. The van der Waals surface area contributed by atoms with Gasteiger partial charge in [0.15, 0.2) is 0 Å². The number of amides is 2. The summed E-state index contributed by atoms with van der Waals surface area (Å²) in [7, 11) is 0. The van der Waals surface area contributed by atoms with Crippen molar-refractivity contribution >= 4 is 17.5 Å². The number of nitrogens with one attached hydrogen (secondary N) is 2. The third-order valence-corrected chi connectivity index (χ3v) is 7.33. The van der Waals surface area contributed by atoms with Crippen LogP contribution in [0.5, 0.6) is 11.5 Å². The van der Waals surface area contributed by atoms with E-state index in [2.05, 4.69) is 43.7 Å². The molecule has 200 valence electrons. The van der Waals surface area contributed by atoms with Crippen LogP contribution in [0.2, 0.25) is 0 Å². The second-order valence-electron chi connectivity index (χ2n) is 10.4. The van der Waals surface area contributed by atoms with Gasteiger partial charge in [-0.1, -0.05) is 31.4 Å². The number of urea groups is 1. The van der Waals surface area contributed by atoms with E-state index >= 15 is 0 Å². The number of rotatable bonds is 7. The van der Waals surface area contributed by atoms with Gasteiger partial charge in [0.05, 0.1) is 5.69 Å². The molecule has 1 saturated carbocycles. The molecule has 0 bridgehead atoms. The standard InChI is InChI=1S/C30H38N6O2/c1-22-11-12-28(23(2)32-22)38-27-13-14-31-29(20-27)33-26-10-6-7-24(19-26)21-35-15-17-36(18-16-35)30(37)34-25-8-4-3-5-9-25/h6-7,10-14,19-20,25H,3-5,8-9,15-18,21H2,1-2H3,(H,31,33)(H,34,37). The van der Waals surface area contributed by atoms with Crippen molar-refractivity contribution in [3.63, 3.8) is 0 Å². The van der Waals surface area contributed by atoms with Gasteiger partial charge in [0.2, 0.25) is 0 Å². The number of benzene rings is 1. The summed E-state index contributed by atoms with van der Waals surface area (Å²) in [5, 5.41) is 6.65. The van der Waals surface area contributed by atoms with Gasteiger partial charge in [-0.2, -0.15) is 0 Å². The molecule has 2 aliphatic rings. The molecule has 0 unspecified atom stereocenters. The maximum Gasteiger partial charge on any atom is 0.317 e. The first kappa shape index (κ1) is 26.0. The summed E-state index contributed by atoms with van der Waals surface area (Å²) in [6.07, 6.45) is 7.73. The first-order valence-electron chi connectivity index (χ1n) is 13.7. The third kappa shape index (κ3) is 7.01. The number of aromatic nitrogens is 2. The molecular weight excluding hydrogens is 476 g/mol. The number of piperazine rings is 1. The molecule has 0 atom stereocenters. The van der Waals surface area contributed by atoms with E-state index in [1.54, 1.807) is 6.20 Å². The summed E-state index contributed by atoms with van der Waals surface area (Å²) >= 11 is 0. The number of hydrogen-bond acceptors (Lipinski definition) is 6. The molecule has 1 aliphatic heterocycles. The second-order valence-corrected chi connectivity index (χ2v) is 10.4. The number of carbonyl (C=O) groups is 1. The van der Waals surface area contributed by atoms with Gasteiger partial charge in [0, 0.05) is 62.4 Å². The molecule has 2 amide bonds. The van der Waals surface area contributed by atoms with Crippen molar-refractivity contribution < 1.29 is 9.53 Å². The molecule has 1 saturated heterocycles. The van der Waals surface area contributed by atoms with E-state index < -0.39 is 0 Å². The molecule has 0 radical (unpaired) electrons. The lowest BCUT2D eigenvalue weighted by Gasteiger charge is -2.36. The largest absolute Gasteiger partial charge is 0.455 e. The van der Waals surface area contributed by atoms with Crippen LogP contribution in [-0.2, 0) is 6.54 Å². The van der Waals surface area contributed by atoms with Crippen LogP contribution < -0.4 is 15.4 Å². The summed E-state index contributed by atoms with van der Waals surface area (Å²) < 4.78 is 6.05. The maximum atomic E-state index is 12.7. The van der Waals surface area contributed by atoms with Gasteiger partial charge in [0.1, 0.15) is 17.3 Å². The SMILES string of the molecule is Cc1ccc(Oc2ccnc(Nc3cccc(CN4CCN(C(=O)NC5CCCCC5)CC4)c3)c2)c(C)n1. The molecule has 2 fully saturated rings. The topological polar surface area (TPSA) is 82.6 Å². The van der Waals surface area contributed by atoms with E-state index in [1.807, 2.05) is 49.1 Å². The molecule has 8 nitrogen and oxygen atoms in total. The molecular formula is C30H38N6O2. The molecule has 8 heteroatoms. The predicted octanol–water partition coefficient (Wildman–Crippen LogP) is 5.79. The number of anilines is 2. The van der Waals surface area contributed by atoms with Crippen LogP contribution in [0.4, 0.5) is 16.3 Å². The smallest absolute Gasteiger partial charge is 0.317 e. The summed E-state index contributed by atoms with van der Waals surface area (Å²) in [6.45, 7) is 8.06. The summed E-state index contributed by atoms with van der Waals surface area (Å²) in [5.41, 5.74) is 4.03. The second kappa shape index (κ2) is 12.3. The fraction of sp³-hybridized carbons (Fsp3) is 0.433. The van der Waals surface area contributed by atoms with Gasteiger partial charge < -0.3 is 20.3 Å².